The van der Waals surface area contributed by atoms with Crippen LogP contribution in [0.25, 0.3) is 0 Å². The van der Waals surface area contributed by atoms with Gasteiger partial charge in [-0.1, -0.05) is 18.1 Å². The Morgan fingerprint density at radius 2 is 2.25 bits per heavy atom. The minimum atomic E-state index is 0.359. The summed E-state index contributed by atoms with van der Waals surface area (Å²) in [7, 11) is 0. The lowest BCUT2D eigenvalue weighted by molar-refractivity contribution is 0.990. The fourth-order valence-corrected chi connectivity index (χ4v) is 1.46. The third-order valence-corrected chi connectivity index (χ3v) is 2.32. The van der Waals surface area contributed by atoms with E-state index in [1.54, 1.807) is 0 Å². The van der Waals surface area contributed by atoms with Gasteiger partial charge >= 0.3 is 0 Å². The van der Waals surface area contributed by atoms with E-state index >= 15 is 0 Å². The Bertz CT molecular complexity index is 335. The van der Waals surface area contributed by atoms with E-state index in [1.807, 2.05) is 12.1 Å². The quantitative estimate of drug-likeness (QED) is 0.614. The smallest absolute Gasteiger partial charge is 0.0245 e. The van der Waals surface area contributed by atoms with Crippen LogP contribution in [0.2, 0.25) is 0 Å². The van der Waals surface area contributed by atoms with E-state index in [2.05, 4.69) is 18.1 Å². The van der Waals surface area contributed by atoms with Crippen molar-refractivity contribution in [3.8, 4) is 12.3 Å². The standard InChI is InChI=1S/C11H11N/c1-2-8-4-3-5-9(6-8)10-7-11(10)12/h1,3-6,10-11H,7,12H2. The fraction of sp³-hybridized carbons (Fsp3) is 0.273. The predicted octanol–water partition coefficient (Wildman–Crippen LogP) is 1.48. The first kappa shape index (κ1) is 7.39. The van der Waals surface area contributed by atoms with Gasteiger partial charge in [-0.05, 0) is 24.1 Å². The third kappa shape index (κ3) is 1.22. The monoisotopic (exact) mass is 157 g/mol. The van der Waals surface area contributed by atoms with Crippen LogP contribution >= 0.6 is 0 Å². The molecule has 60 valence electrons. The van der Waals surface area contributed by atoms with Crippen LogP contribution in [0.15, 0.2) is 24.3 Å². The van der Waals surface area contributed by atoms with Gasteiger partial charge in [0.25, 0.3) is 0 Å². The summed E-state index contributed by atoms with van der Waals surface area (Å²) in [6, 6.07) is 8.45. The minimum absolute atomic E-state index is 0.359. The number of benzene rings is 1. The summed E-state index contributed by atoms with van der Waals surface area (Å²) >= 11 is 0. The molecular formula is C11H11N. The van der Waals surface area contributed by atoms with Gasteiger partial charge in [-0.15, -0.1) is 6.42 Å². The van der Waals surface area contributed by atoms with Crippen molar-refractivity contribution in [2.45, 2.75) is 18.4 Å². The van der Waals surface area contributed by atoms with Crippen molar-refractivity contribution >= 4 is 0 Å². The maximum atomic E-state index is 5.74. The van der Waals surface area contributed by atoms with Crippen LogP contribution < -0.4 is 5.73 Å². The molecule has 2 atom stereocenters. The molecule has 1 aromatic rings. The van der Waals surface area contributed by atoms with Crippen LogP contribution in [0.4, 0.5) is 0 Å². The van der Waals surface area contributed by atoms with Gasteiger partial charge < -0.3 is 5.73 Å². The molecule has 2 N–H and O–H groups in total. The van der Waals surface area contributed by atoms with Crippen molar-refractivity contribution in [1.82, 2.24) is 0 Å². The molecule has 1 aromatic carbocycles. The summed E-state index contributed by atoms with van der Waals surface area (Å²) < 4.78 is 0. The Labute approximate surface area is 72.6 Å². The number of nitrogens with two attached hydrogens (primary N) is 1. The van der Waals surface area contributed by atoms with E-state index in [0.29, 0.717) is 12.0 Å². The van der Waals surface area contributed by atoms with Gasteiger partial charge in [-0.3, -0.25) is 0 Å². The van der Waals surface area contributed by atoms with E-state index < -0.39 is 0 Å². The number of terminal acetylenes is 1. The average Bonchev–Trinajstić information content (AvgIpc) is 2.83. The van der Waals surface area contributed by atoms with Gasteiger partial charge in [0.2, 0.25) is 0 Å². The first-order valence-electron chi connectivity index (χ1n) is 4.13. The molecule has 0 aliphatic heterocycles. The lowest BCUT2D eigenvalue weighted by atomic mass is 10.1. The van der Waals surface area contributed by atoms with Gasteiger partial charge in [-0.25, -0.2) is 0 Å². The first-order chi connectivity index (χ1) is 5.81. The summed E-state index contributed by atoms with van der Waals surface area (Å²) in [5, 5.41) is 0. The SMILES string of the molecule is C#Cc1cccc(C2CC2N)c1. The Balaban J connectivity index is 2.29. The molecule has 0 radical (unpaired) electrons. The van der Waals surface area contributed by atoms with Gasteiger partial charge in [0.15, 0.2) is 0 Å². The Hall–Kier alpha value is -1.26. The van der Waals surface area contributed by atoms with Crippen molar-refractivity contribution < 1.29 is 0 Å². The highest BCUT2D eigenvalue weighted by Crippen LogP contribution is 2.38. The number of hydrogen-bond acceptors (Lipinski definition) is 1. The molecule has 0 amide bonds. The van der Waals surface area contributed by atoms with Crippen LogP contribution in [0.1, 0.15) is 23.5 Å². The van der Waals surface area contributed by atoms with Crippen LogP contribution in [0.5, 0.6) is 0 Å². The highest BCUT2D eigenvalue weighted by molar-refractivity contribution is 5.39. The Morgan fingerprint density at radius 3 is 2.83 bits per heavy atom. The van der Waals surface area contributed by atoms with Crippen LogP contribution in [0, 0.1) is 12.3 Å². The van der Waals surface area contributed by atoms with E-state index in [0.717, 1.165) is 12.0 Å². The van der Waals surface area contributed by atoms with Crippen molar-refractivity contribution in [1.29, 1.82) is 0 Å². The summed E-state index contributed by atoms with van der Waals surface area (Å²) in [6.07, 6.45) is 6.40. The number of hydrogen-bond donors (Lipinski definition) is 1. The number of rotatable bonds is 1. The summed E-state index contributed by atoms with van der Waals surface area (Å²) in [6.45, 7) is 0. The molecule has 1 heteroatoms. The van der Waals surface area contributed by atoms with Crippen LogP contribution in [-0.4, -0.2) is 6.04 Å². The molecule has 0 aromatic heterocycles. The van der Waals surface area contributed by atoms with Gasteiger partial charge in [0, 0.05) is 17.5 Å². The van der Waals surface area contributed by atoms with Crippen molar-refractivity contribution in [3.63, 3.8) is 0 Å². The lowest BCUT2D eigenvalue weighted by Gasteiger charge is -1.98. The second-order valence-corrected chi connectivity index (χ2v) is 3.28. The lowest BCUT2D eigenvalue weighted by Crippen LogP contribution is -2.00. The van der Waals surface area contributed by atoms with E-state index in [-0.39, 0.29) is 0 Å². The topological polar surface area (TPSA) is 26.0 Å². The molecule has 2 rings (SSSR count). The van der Waals surface area contributed by atoms with Gasteiger partial charge in [-0.2, -0.15) is 0 Å². The molecule has 0 heterocycles. The molecule has 2 unspecified atom stereocenters. The summed E-state index contributed by atoms with van der Waals surface area (Å²) in [5.74, 6) is 3.18. The molecule has 1 aliphatic carbocycles. The molecule has 0 bridgehead atoms. The average molecular weight is 157 g/mol. The van der Waals surface area contributed by atoms with Gasteiger partial charge in [0.1, 0.15) is 0 Å². The predicted molar refractivity (Wildman–Crippen MR) is 49.7 cm³/mol. The van der Waals surface area contributed by atoms with E-state index in [1.165, 1.54) is 5.56 Å². The Kier molecular flexibility index (Phi) is 1.64. The second-order valence-electron chi connectivity index (χ2n) is 3.28. The van der Waals surface area contributed by atoms with Gasteiger partial charge in [0.05, 0.1) is 0 Å². The zero-order valence-corrected chi connectivity index (χ0v) is 6.83. The summed E-state index contributed by atoms with van der Waals surface area (Å²) in [4.78, 5) is 0. The molecular weight excluding hydrogens is 146 g/mol. The molecule has 1 nitrogen and oxygen atoms in total. The third-order valence-electron chi connectivity index (χ3n) is 2.32. The zero-order chi connectivity index (χ0) is 8.55. The van der Waals surface area contributed by atoms with Crippen molar-refractivity contribution in [2.75, 3.05) is 0 Å². The van der Waals surface area contributed by atoms with Crippen molar-refractivity contribution in [2.24, 2.45) is 5.73 Å². The highest BCUT2D eigenvalue weighted by atomic mass is 14.7. The highest BCUT2D eigenvalue weighted by Gasteiger charge is 2.34. The Morgan fingerprint density at radius 1 is 1.50 bits per heavy atom. The first-order valence-corrected chi connectivity index (χ1v) is 4.13. The molecule has 12 heavy (non-hydrogen) atoms. The zero-order valence-electron chi connectivity index (χ0n) is 6.83. The summed E-state index contributed by atoms with van der Waals surface area (Å²) in [5.41, 5.74) is 7.98. The van der Waals surface area contributed by atoms with Crippen molar-refractivity contribution in [3.05, 3.63) is 35.4 Å². The normalized spacial score (nSPS) is 26.3. The second kappa shape index (κ2) is 2.66. The minimum Gasteiger partial charge on any atom is -0.327 e. The maximum Gasteiger partial charge on any atom is 0.0245 e. The maximum absolute atomic E-state index is 5.74. The van der Waals surface area contributed by atoms with E-state index in [9.17, 15) is 0 Å². The van der Waals surface area contributed by atoms with E-state index in [4.69, 9.17) is 12.2 Å². The molecule has 1 fully saturated rings. The molecule has 1 saturated carbocycles. The van der Waals surface area contributed by atoms with Crippen LogP contribution in [-0.2, 0) is 0 Å². The largest absolute Gasteiger partial charge is 0.327 e. The fourth-order valence-electron chi connectivity index (χ4n) is 1.46. The molecule has 0 spiro atoms. The van der Waals surface area contributed by atoms with Crippen LogP contribution in [0.3, 0.4) is 0 Å². The molecule has 1 aliphatic rings. The molecule has 0 saturated heterocycles.